The van der Waals surface area contributed by atoms with E-state index in [4.69, 9.17) is 0 Å². The Morgan fingerprint density at radius 2 is 0.917 bits per heavy atom. The molecular formula is C23H46O. The highest BCUT2D eigenvalue weighted by Crippen LogP contribution is 2.33. The van der Waals surface area contributed by atoms with E-state index in [1.807, 2.05) is 0 Å². The Labute approximate surface area is 153 Å². The van der Waals surface area contributed by atoms with E-state index in [-0.39, 0.29) is 5.41 Å². The van der Waals surface area contributed by atoms with Crippen molar-refractivity contribution in [3.05, 3.63) is 0 Å². The van der Waals surface area contributed by atoms with E-state index in [0.29, 0.717) is 5.78 Å². The predicted molar refractivity (Wildman–Crippen MR) is 109 cm³/mol. The first-order valence-corrected chi connectivity index (χ1v) is 11.1. The fraction of sp³-hybridized carbons (Fsp3) is 0.957. The van der Waals surface area contributed by atoms with Crippen molar-refractivity contribution in [2.75, 3.05) is 0 Å². The highest BCUT2D eigenvalue weighted by molar-refractivity contribution is 5.82. The van der Waals surface area contributed by atoms with E-state index in [1.165, 1.54) is 89.9 Å². The van der Waals surface area contributed by atoms with Gasteiger partial charge in [-0.15, -0.1) is 0 Å². The van der Waals surface area contributed by atoms with Crippen LogP contribution in [-0.4, -0.2) is 5.78 Å². The Morgan fingerprint density at radius 3 is 1.21 bits per heavy atom. The smallest absolute Gasteiger partial charge is 0.135 e. The van der Waals surface area contributed by atoms with Crippen molar-refractivity contribution in [1.29, 1.82) is 0 Å². The third kappa shape index (κ3) is 11.3. The highest BCUT2D eigenvalue weighted by Gasteiger charge is 2.30. The average Bonchev–Trinajstić information content (AvgIpc) is 2.58. The number of hydrogen-bond acceptors (Lipinski definition) is 1. The van der Waals surface area contributed by atoms with Crippen LogP contribution in [-0.2, 0) is 4.79 Å². The lowest BCUT2D eigenvalue weighted by atomic mass is 9.74. The zero-order valence-corrected chi connectivity index (χ0v) is 17.4. The maximum absolute atomic E-state index is 11.9. The topological polar surface area (TPSA) is 17.1 Å². The molecule has 0 radical (unpaired) electrons. The second kappa shape index (κ2) is 16.2. The Morgan fingerprint density at radius 1 is 0.583 bits per heavy atom. The van der Waals surface area contributed by atoms with Gasteiger partial charge < -0.3 is 0 Å². The summed E-state index contributed by atoms with van der Waals surface area (Å²) in [7, 11) is 0. The molecule has 0 N–H and O–H groups in total. The molecule has 0 aromatic carbocycles. The summed E-state index contributed by atoms with van der Waals surface area (Å²) >= 11 is 0. The molecule has 1 heteroatoms. The molecule has 0 aliphatic rings. The Hall–Kier alpha value is -0.330. The molecule has 0 aliphatic carbocycles. The molecule has 0 unspecified atom stereocenters. The van der Waals surface area contributed by atoms with Gasteiger partial charge in [0.2, 0.25) is 0 Å². The number of rotatable bonds is 18. The summed E-state index contributed by atoms with van der Waals surface area (Å²) in [5, 5.41) is 0. The van der Waals surface area contributed by atoms with Crippen LogP contribution in [0.3, 0.4) is 0 Å². The number of Topliss-reactive ketones (excluding diaryl/α,β-unsaturated/α-hetero) is 1. The van der Waals surface area contributed by atoms with Gasteiger partial charge in [-0.05, 0) is 26.2 Å². The van der Waals surface area contributed by atoms with Crippen molar-refractivity contribution in [2.24, 2.45) is 5.41 Å². The molecule has 0 heterocycles. The third-order valence-corrected chi connectivity index (χ3v) is 6.11. The number of hydrogen-bond donors (Lipinski definition) is 0. The Bertz CT molecular complexity index is 278. The first-order chi connectivity index (χ1) is 11.6. The van der Waals surface area contributed by atoms with Crippen molar-refractivity contribution in [3.8, 4) is 0 Å². The molecule has 0 atom stereocenters. The average molecular weight is 339 g/mol. The van der Waals surface area contributed by atoms with Crippen molar-refractivity contribution in [2.45, 2.75) is 137 Å². The monoisotopic (exact) mass is 338 g/mol. The molecule has 0 amide bonds. The number of ketones is 1. The molecule has 0 bridgehead atoms. The summed E-state index contributed by atoms with van der Waals surface area (Å²) in [6.45, 7) is 8.42. The summed E-state index contributed by atoms with van der Waals surface area (Å²) < 4.78 is 0. The van der Waals surface area contributed by atoms with Crippen molar-refractivity contribution in [1.82, 2.24) is 0 Å². The lowest BCUT2D eigenvalue weighted by molar-refractivity contribution is -0.127. The summed E-state index contributed by atoms with van der Waals surface area (Å²) in [5.41, 5.74) is -0.0167. The van der Waals surface area contributed by atoms with Gasteiger partial charge in [0, 0.05) is 5.41 Å². The molecule has 0 rings (SSSR count). The van der Waals surface area contributed by atoms with Crippen molar-refractivity contribution in [3.63, 3.8) is 0 Å². The van der Waals surface area contributed by atoms with E-state index in [0.717, 1.165) is 19.3 Å². The second-order valence-electron chi connectivity index (χ2n) is 7.89. The minimum atomic E-state index is -0.0167. The number of carbonyl (C=O) groups is 1. The molecule has 0 saturated carbocycles. The summed E-state index contributed by atoms with van der Waals surface area (Å²) in [5.74, 6) is 0.405. The zero-order valence-electron chi connectivity index (χ0n) is 17.4. The lowest BCUT2D eigenvalue weighted by Crippen LogP contribution is -2.27. The van der Waals surface area contributed by atoms with E-state index in [1.54, 1.807) is 6.92 Å². The van der Waals surface area contributed by atoms with Gasteiger partial charge in [-0.2, -0.15) is 0 Å². The van der Waals surface area contributed by atoms with Crippen LogP contribution in [0, 0.1) is 5.41 Å². The van der Waals surface area contributed by atoms with Crippen LogP contribution >= 0.6 is 0 Å². The second-order valence-corrected chi connectivity index (χ2v) is 7.89. The SMILES string of the molecule is CCCCCCCCCCCCCCCCC(CC)(CC)C(C)=O. The summed E-state index contributed by atoms with van der Waals surface area (Å²) in [6, 6.07) is 0. The summed E-state index contributed by atoms with van der Waals surface area (Å²) in [4.78, 5) is 11.9. The molecule has 0 fully saturated rings. The van der Waals surface area contributed by atoms with Crippen LogP contribution < -0.4 is 0 Å². The van der Waals surface area contributed by atoms with Gasteiger partial charge in [0.25, 0.3) is 0 Å². The standard InChI is InChI=1S/C23H46O/c1-5-8-9-10-11-12-13-14-15-16-17-18-19-20-21-23(6-2,7-3)22(4)24/h5-21H2,1-4H3. The molecule has 144 valence electrons. The molecule has 0 aliphatic heterocycles. The number of unbranched alkanes of at least 4 members (excludes halogenated alkanes) is 13. The fourth-order valence-corrected chi connectivity index (χ4v) is 3.94. The zero-order chi connectivity index (χ0) is 18.1. The van der Waals surface area contributed by atoms with Gasteiger partial charge in [-0.3, -0.25) is 4.79 Å². The van der Waals surface area contributed by atoms with Crippen molar-refractivity contribution >= 4 is 5.78 Å². The van der Waals surface area contributed by atoms with Crippen LogP contribution in [0.1, 0.15) is 137 Å². The lowest BCUT2D eigenvalue weighted by Gasteiger charge is -2.28. The van der Waals surface area contributed by atoms with Gasteiger partial charge in [-0.1, -0.05) is 111 Å². The highest BCUT2D eigenvalue weighted by atomic mass is 16.1. The van der Waals surface area contributed by atoms with Gasteiger partial charge in [0.05, 0.1) is 0 Å². The molecular weight excluding hydrogens is 292 g/mol. The van der Waals surface area contributed by atoms with Gasteiger partial charge in [0.1, 0.15) is 5.78 Å². The Balaban J connectivity index is 3.38. The van der Waals surface area contributed by atoms with Crippen LogP contribution in [0.4, 0.5) is 0 Å². The number of carbonyl (C=O) groups excluding carboxylic acids is 1. The molecule has 0 spiro atoms. The molecule has 24 heavy (non-hydrogen) atoms. The molecule has 0 aromatic heterocycles. The maximum Gasteiger partial charge on any atom is 0.135 e. The fourth-order valence-electron chi connectivity index (χ4n) is 3.94. The van der Waals surface area contributed by atoms with E-state index < -0.39 is 0 Å². The minimum absolute atomic E-state index is 0.0167. The van der Waals surface area contributed by atoms with Gasteiger partial charge >= 0.3 is 0 Å². The van der Waals surface area contributed by atoms with Crippen LogP contribution in [0.2, 0.25) is 0 Å². The third-order valence-electron chi connectivity index (χ3n) is 6.11. The largest absolute Gasteiger partial charge is 0.299 e. The van der Waals surface area contributed by atoms with Crippen LogP contribution in [0.5, 0.6) is 0 Å². The summed E-state index contributed by atoms with van der Waals surface area (Å²) in [6.07, 6.45) is 22.7. The predicted octanol–water partition coefficient (Wildman–Crippen LogP) is 8.25. The van der Waals surface area contributed by atoms with Crippen LogP contribution in [0.25, 0.3) is 0 Å². The molecule has 0 saturated heterocycles. The van der Waals surface area contributed by atoms with E-state index in [2.05, 4.69) is 20.8 Å². The van der Waals surface area contributed by atoms with E-state index >= 15 is 0 Å². The van der Waals surface area contributed by atoms with Gasteiger partial charge in [-0.25, -0.2) is 0 Å². The molecule has 1 nitrogen and oxygen atoms in total. The quantitative estimate of drug-likeness (QED) is 0.230. The first-order valence-electron chi connectivity index (χ1n) is 11.1. The van der Waals surface area contributed by atoms with Crippen molar-refractivity contribution < 1.29 is 4.79 Å². The van der Waals surface area contributed by atoms with E-state index in [9.17, 15) is 4.79 Å². The first kappa shape index (κ1) is 23.7. The normalized spacial score (nSPS) is 11.8. The molecule has 0 aromatic rings. The Kier molecular flexibility index (Phi) is 15.9. The minimum Gasteiger partial charge on any atom is -0.299 e. The van der Waals surface area contributed by atoms with Crippen LogP contribution in [0.15, 0.2) is 0 Å². The van der Waals surface area contributed by atoms with Gasteiger partial charge in [0.15, 0.2) is 0 Å². The maximum atomic E-state index is 11.9.